The Labute approximate surface area is 112 Å². The van der Waals surface area contributed by atoms with Crippen LogP contribution in [0.4, 0.5) is 0 Å². The van der Waals surface area contributed by atoms with Crippen molar-refractivity contribution in [1.29, 1.82) is 0 Å². The molecule has 0 N–H and O–H groups in total. The molecule has 5 heteroatoms. The topological polar surface area (TPSA) is 49.7 Å². The molecule has 1 heterocycles. The van der Waals surface area contributed by atoms with Crippen LogP contribution in [0.25, 0.3) is 0 Å². The Bertz CT molecular complexity index is 680. The molecule has 0 aliphatic carbocycles. The Kier molecular flexibility index (Phi) is 2.89. The van der Waals surface area contributed by atoms with Crippen molar-refractivity contribution in [3.8, 4) is 0 Å². The predicted molar refractivity (Wildman–Crippen MR) is 70.5 cm³/mol. The number of hydrogen-bond donors (Lipinski definition) is 0. The molecule has 0 spiro atoms. The van der Waals surface area contributed by atoms with Crippen LogP contribution >= 0.6 is 0 Å². The van der Waals surface area contributed by atoms with Gasteiger partial charge in [-0.1, -0.05) is 48.0 Å². The van der Waals surface area contributed by atoms with Gasteiger partial charge in [-0.25, -0.2) is 8.42 Å². The molecule has 0 saturated carbocycles. The van der Waals surface area contributed by atoms with E-state index in [4.69, 9.17) is 4.84 Å². The molecule has 0 radical (unpaired) electrons. The number of hydroxylamine groups is 1. The van der Waals surface area contributed by atoms with Gasteiger partial charge in [0.1, 0.15) is 0 Å². The maximum atomic E-state index is 12.3. The number of sulfonamides is 1. The van der Waals surface area contributed by atoms with Crippen LogP contribution in [0, 0.1) is 6.92 Å². The molecular weight excluding hydrogens is 262 g/mol. The lowest BCUT2D eigenvalue weighted by Crippen LogP contribution is -2.12. The number of nitrogens with zero attached hydrogens (tertiary/aromatic N) is 1. The van der Waals surface area contributed by atoms with Gasteiger partial charge in [-0.3, -0.25) is 4.84 Å². The van der Waals surface area contributed by atoms with Gasteiger partial charge >= 0.3 is 0 Å². The summed E-state index contributed by atoms with van der Waals surface area (Å²) >= 11 is 0. The second-order valence-electron chi connectivity index (χ2n) is 4.44. The van der Waals surface area contributed by atoms with Crippen molar-refractivity contribution in [3.05, 3.63) is 65.7 Å². The van der Waals surface area contributed by atoms with E-state index < -0.39 is 16.3 Å². The summed E-state index contributed by atoms with van der Waals surface area (Å²) in [5.41, 5.74) is 1.85. The fourth-order valence-corrected chi connectivity index (χ4v) is 3.12. The molecule has 98 valence electrons. The fraction of sp³-hybridized carbons (Fsp3) is 0.143. The normalized spacial score (nSPS) is 22.2. The number of aryl methyl sites for hydroxylation is 1. The molecule has 19 heavy (non-hydrogen) atoms. The quantitative estimate of drug-likeness (QED) is 0.809. The smallest absolute Gasteiger partial charge is 0.253 e. The van der Waals surface area contributed by atoms with Gasteiger partial charge < -0.3 is 0 Å². The maximum Gasteiger partial charge on any atom is 0.267 e. The molecule has 1 fully saturated rings. The predicted octanol–water partition coefficient (Wildman–Crippen LogP) is 2.63. The van der Waals surface area contributed by atoms with Crippen LogP contribution < -0.4 is 0 Å². The molecule has 1 saturated heterocycles. The zero-order valence-electron chi connectivity index (χ0n) is 10.4. The van der Waals surface area contributed by atoms with E-state index in [1.807, 2.05) is 37.3 Å². The highest BCUT2D eigenvalue weighted by Gasteiger charge is 2.48. The van der Waals surface area contributed by atoms with Crippen molar-refractivity contribution in [3.63, 3.8) is 0 Å². The molecule has 2 aromatic rings. The summed E-state index contributed by atoms with van der Waals surface area (Å²) in [4.78, 5) is 5.44. The van der Waals surface area contributed by atoms with Gasteiger partial charge in [0, 0.05) is 5.56 Å². The SMILES string of the molecule is Cc1ccc(S(=O)(=O)N2O[C@@H]2c2ccccc2)cc1. The highest BCUT2D eigenvalue weighted by atomic mass is 32.2. The van der Waals surface area contributed by atoms with E-state index in [2.05, 4.69) is 0 Å². The minimum absolute atomic E-state index is 0.247. The third kappa shape index (κ3) is 2.28. The fourth-order valence-electron chi connectivity index (χ4n) is 1.87. The molecular formula is C14H13NO3S. The average Bonchev–Trinajstić information content (AvgIpc) is 3.21. The zero-order valence-corrected chi connectivity index (χ0v) is 11.2. The van der Waals surface area contributed by atoms with Gasteiger partial charge in [-0.2, -0.15) is 0 Å². The Morgan fingerprint density at radius 3 is 2.26 bits per heavy atom. The first-order valence-electron chi connectivity index (χ1n) is 5.92. The van der Waals surface area contributed by atoms with Gasteiger partial charge in [-0.15, -0.1) is 0 Å². The summed E-state index contributed by atoms with van der Waals surface area (Å²) in [6.45, 7) is 1.91. The van der Waals surface area contributed by atoms with Crippen molar-refractivity contribution in [2.75, 3.05) is 0 Å². The molecule has 1 unspecified atom stereocenters. The van der Waals surface area contributed by atoms with Crippen LogP contribution in [-0.2, 0) is 14.9 Å². The summed E-state index contributed by atoms with van der Waals surface area (Å²) in [6.07, 6.45) is -0.507. The molecule has 2 atom stereocenters. The summed E-state index contributed by atoms with van der Waals surface area (Å²) in [5, 5.41) is 0. The molecule has 4 nitrogen and oxygen atoms in total. The number of hydrogen-bond acceptors (Lipinski definition) is 3. The third-order valence-corrected chi connectivity index (χ3v) is 4.61. The van der Waals surface area contributed by atoms with E-state index in [1.165, 1.54) is 0 Å². The summed E-state index contributed by atoms with van der Waals surface area (Å²) in [7, 11) is -3.57. The molecule has 1 aliphatic heterocycles. The van der Waals surface area contributed by atoms with Crippen LogP contribution in [-0.4, -0.2) is 12.9 Å². The average molecular weight is 275 g/mol. The lowest BCUT2D eigenvalue weighted by atomic mass is 10.2. The van der Waals surface area contributed by atoms with E-state index in [1.54, 1.807) is 24.3 Å². The van der Waals surface area contributed by atoms with E-state index in [-0.39, 0.29) is 4.90 Å². The van der Waals surface area contributed by atoms with Crippen LogP contribution in [0.15, 0.2) is 59.5 Å². The lowest BCUT2D eigenvalue weighted by Gasteiger charge is -2.02. The lowest BCUT2D eigenvalue weighted by molar-refractivity contribution is 0.283. The first-order valence-corrected chi connectivity index (χ1v) is 7.36. The maximum absolute atomic E-state index is 12.3. The van der Waals surface area contributed by atoms with Crippen molar-refractivity contribution >= 4 is 10.0 Å². The standard InChI is InChI=1S/C14H13NO3S/c1-11-7-9-13(10-8-11)19(16,17)15-14(18-15)12-5-3-2-4-6-12/h2-10,14H,1H3/t14-,15?/m1/s1. The van der Waals surface area contributed by atoms with Crippen molar-refractivity contribution in [2.24, 2.45) is 0 Å². The van der Waals surface area contributed by atoms with Gasteiger partial charge in [0.2, 0.25) is 0 Å². The molecule has 2 aromatic carbocycles. The van der Waals surface area contributed by atoms with Crippen LogP contribution in [0.1, 0.15) is 17.4 Å². The van der Waals surface area contributed by atoms with E-state index in [0.29, 0.717) is 0 Å². The number of rotatable bonds is 3. The van der Waals surface area contributed by atoms with Crippen molar-refractivity contribution in [1.82, 2.24) is 4.47 Å². The molecule has 3 rings (SSSR count). The molecule has 0 amide bonds. The van der Waals surface area contributed by atoms with E-state index in [9.17, 15) is 8.42 Å². The summed E-state index contributed by atoms with van der Waals surface area (Å²) < 4.78 is 25.6. The Morgan fingerprint density at radius 1 is 1.00 bits per heavy atom. The zero-order chi connectivity index (χ0) is 13.5. The first kappa shape index (κ1) is 12.3. The Hall–Kier alpha value is -1.69. The molecule has 1 aliphatic rings. The largest absolute Gasteiger partial charge is 0.267 e. The summed E-state index contributed by atoms with van der Waals surface area (Å²) in [5.74, 6) is 0. The van der Waals surface area contributed by atoms with Gasteiger partial charge in [0.25, 0.3) is 10.0 Å². The van der Waals surface area contributed by atoms with Gasteiger partial charge in [0.05, 0.1) is 4.90 Å². The first-order chi connectivity index (χ1) is 9.09. The monoisotopic (exact) mass is 275 g/mol. The molecule has 0 bridgehead atoms. The van der Waals surface area contributed by atoms with Gasteiger partial charge in [0.15, 0.2) is 6.23 Å². The third-order valence-electron chi connectivity index (χ3n) is 2.99. The second-order valence-corrected chi connectivity index (χ2v) is 6.22. The van der Waals surface area contributed by atoms with Gasteiger partial charge in [-0.05, 0) is 23.5 Å². The molecule has 0 aromatic heterocycles. The summed E-state index contributed by atoms with van der Waals surface area (Å²) in [6, 6.07) is 16.0. The van der Waals surface area contributed by atoms with Crippen molar-refractivity contribution < 1.29 is 13.3 Å². The minimum Gasteiger partial charge on any atom is -0.253 e. The highest BCUT2D eigenvalue weighted by Crippen LogP contribution is 2.41. The Balaban J connectivity index is 1.86. The Morgan fingerprint density at radius 2 is 1.63 bits per heavy atom. The van der Waals surface area contributed by atoms with E-state index >= 15 is 0 Å². The van der Waals surface area contributed by atoms with Crippen molar-refractivity contribution in [2.45, 2.75) is 18.0 Å². The van der Waals surface area contributed by atoms with Crippen LogP contribution in [0.3, 0.4) is 0 Å². The van der Waals surface area contributed by atoms with Crippen LogP contribution in [0.2, 0.25) is 0 Å². The minimum atomic E-state index is -3.57. The van der Waals surface area contributed by atoms with E-state index in [0.717, 1.165) is 15.6 Å². The highest BCUT2D eigenvalue weighted by molar-refractivity contribution is 7.89. The number of benzene rings is 2. The second kappa shape index (κ2) is 4.45. The van der Waals surface area contributed by atoms with Crippen LogP contribution in [0.5, 0.6) is 0 Å².